The molecule has 0 radical (unpaired) electrons. The molecule has 4 rings (SSSR count). The number of nitrogens with zero attached hydrogens (tertiary/aromatic N) is 3. The number of rotatable bonds is 7. The van der Waals surface area contributed by atoms with Gasteiger partial charge >= 0.3 is 6.03 Å². The number of aryl methyl sites for hydroxylation is 1. The maximum atomic E-state index is 12.5. The zero-order valence-corrected chi connectivity index (χ0v) is 23.6. The Morgan fingerprint density at radius 1 is 1.05 bits per heavy atom. The zero-order chi connectivity index (χ0) is 26.5. The number of carbonyl (C=O) groups excluding carboxylic acids is 2. The number of amides is 3. The van der Waals surface area contributed by atoms with Crippen molar-refractivity contribution in [1.82, 2.24) is 20.1 Å². The van der Waals surface area contributed by atoms with Gasteiger partial charge in [0.1, 0.15) is 11.5 Å². The third-order valence-corrected chi connectivity index (χ3v) is 7.12. The fourth-order valence-corrected chi connectivity index (χ4v) is 5.31. The lowest BCUT2D eigenvalue weighted by atomic mass is 10.1. The van der Waals surface area contributed by atoms with Gasteiger partial charge in [-0.2, -0.15) is 0 Å². The highest BCUT2D eigenvalue weighted by Gasteiger charge is 2.21. The van der Waals surface area contributed by atoms with Crippen LogP contribution >= 0.6 is 43.6 Å². The number of phenols is 1. The van der Waals surface area contributed by atoms with Crippen LogP contribution in [-0.4, -0.2) is 44.7 Å². The molecule has 0 aliphatic heterocycles. The van der Waals surface area contributed by atoms with Gasteiger partial charge in [-0.05, 0) is 71.4 Å². The molecule has 0 aliphatic carbocycles. The molecule has 0 aliphatic rings. The van der Waals surface area contributed by atoms with Crippen molar-refractivity contribution in [3.05, 3.63) is 75.2 Å². The summed E-state index contributed by atoms with van der Waals surface area (Å²) in [5.41, 5.74) is 2.79. The number of ether oxygens (including phenoxy) is 1. The van der Waals surface area contributed by atoms with Crippen LogP contribution in [0.4, 0.5) is 10.5 Å². The number of hydrogen-bond donors (Lipinski definition) is 3. The summed E-state index contributed by atoms with van der Waals surface area (Å²) in [6.07, 6.45) is 0. The maximum Gasteiger partial charge on any atom is 0.325 e. The number of carbonyl (C=O) groups is 2. The third-order valence-electron chi connectivity index (χ3n) is 5.13. The van der Waals surface area contributed by atoms with Crippen molar-refractivity contribution >= 4 is 61.2 Å². The molecule has 1 heterocycles. The molecule has 0 atom stereocenters. The Balaban J connectivity index is 1.53. The largest absolute Gasteiger partial charge is 0.506 e. The molecule has 4 aromatic rings. The van der Waals surface area contributed by atoms with Gasteiger partial charge in [0, 0.05) is 15.8 Å². The first-order valence-corrected chi connectivity index (χ1v) is 13.4. The first-order valence-electron chi connectivity index (χ1n) is 10.8. The third kappa shape index (κ3) is 6.51. The summed E-state index contributed by atoms with van der Waals surface area (Å²) < 4.78 is 8.07. The van der Waals surface area contributed by atoms with E-state index in [2.05, 4.69) is 52.7 Å². The lowest BCUT2D eigenvalue weighted by molar-refractivity contribution is -0.117. The molecular formula is C25H21Br2N5O4S. The van der Waals surface area contributed by atoms with Gasteiger partial charge in [0.2, 0.25) is 5.91 Å². The summed E-state index contributed by atoms with van der Waals surface area (Å²) >= 11 is 7.91. The molecule has 0 saturated carbocycles. The molecule has 1 aromatic heterocycles. The van der Waals surface area contributed by atoms with E-state index in [0.717, 1.165) is 27.5 Å². The minimum Gasteiger partial charge on any atom is -0.506 e. The number of aromatic hydroxyl groups is 1. The Labute approximate surface area is 233 Å². The lowest BCUT2D eigenvalue weighted by Gasteiger charge is -2.12. The van der Waals surface area contributed by atoms with Crippen molar-refractivity contribution in [2.24, 2.45) is 0 Å². The van der Waals surface area contributed by atoms with E-state index in [9.17, 15) is 14.7 Å². The fourth-order valence-electron chi connectivity index (χ4n) is 3.33. The zero-order valence-electron chi connectivity index (χ0n) is 19.7. The van der Waals surface area contributed by atoms with E-state index >= 15 is 0 Å². The van der Waals surface area contributed by atoms with E-state index in [4.69, 9.17) is 4.74 Å². The van der Waals surface area contributed by atoms with Crippen molar-refractivity contribution < 1.29 is 19.4 Å². The fraction of sp³-hybridized carbons (Fsp3) is 0.120. The number of imide groups is 1. The van der Waals surface area contributed by atoms with Crippen molar-refractivity contribution in [3.8, 4) is 28.6 Å². The van der Waals surface area contributed by atoms with Crippen LogP contribution in [0.25, 0.3) is 17.1 Å². The van der Waals surface area contributed by atoms with Crippen molar-refractivity contribution in [3.63, 3.8) is 0 Å². The average Bonchev–Trinajstić information content (AvgIpc) is 3.29. The number of hydrogen-bond acceptors (Lipinski definition) is 7. The molecule has 3 amide bonds. The van der Waals surface area contributed by atoms with E-state index < -0.39 is 11.9 Å². The average molecular weight is 647 g/mol. The number of urea groups is 1. The van der Waals surface area contributed by atoms with Crippen LogP contribution in [-0.2, 0) is 4.79 Å². The van der Waals surface area contributed by atoms with Crippen LogP contribution < -0.4 is 15.4 Å². The molecule has 3 aromatic carbocycles. The first kappa shape index (κ1) is 26.7. The second-order valence-corrected chi connectivity index (χ2v) is 10.5. The quantitative estimate of drug-likeness (QED) is 0.213. The Bertz CT molecular complexity index is 1440. The predicted octanol–water partition coefficient (Wildman–Crippen LogP) is 5.92. The number of halogens is 2. The SMILES string of the molecule is COc1ccc(NC(=O)NC(=O)CSc2nnc(-c3cc(Br)cc(Br)c3O)n2-c2ccc(C)cc2)cc1. The standard InChI is InChI=1S/C25H21Br2N5O4S/c1-14-3-7-17(8-4-14)32-23(19-11-15(26)12-20(27)22(19)34)30-31-25(32)37-13-21(33)29-24(35)28-16-5-9-18(36-2)10-6-16/h3-12,34H,13H2,1-2H3,(H2,28,29,33,35). The van der Waals surface area contributed by atoms with E-state index in [1.54, 1.807) is 48.1 Å². The van der Waals surface area contributed by atoms with Gasteiger partial charge in [-0.25, -0.2) is 4.79 Å². The highest BCUT2D eigenvalue weighted by atomic mass is 79.9. The number of methoxy groups -OCH3 is 1. The van der Waals surface area contributed by atoms with Crippen LogP contribution in [0, 0.1) is 6.92 Å². The highest BCUT2D eigenvalue weighted by Crippen LogP contribution is 2.39. The number of phenolic OH excluding ortho intramolecular Hbond substituents is 1. The molecule has 0 bridgehead atoms. The van der Waals surface area contributed by atoms with E-state index in [1.165, 1.54) is 0 Å². The summed E-state index contributed by atoms with van der Waals surface area (Å²) in [5.74, 6) is 0.453. The van der Waals surface area contributed by atoms with Gasteiger partial charge in [-0.1, -0.05) is 45.4 Å². The van der Waals surface area contributed by atoms with Gasteiger partial charge in [0.05, 0.1) is 22.9 Å². The van der Waals surface area contributed by atoms with Crippen molar-refractivity contribution in [2.75, 3.05) is 18.2 Å². The minimum absolute atomic E-state index is 0.00783. The van der Waals surface area contributed by atoms with Gasteiger partial charge in [0.15, 0.2) is 11.0 Å². The Hall–Kier alpha value is -3.35. The van der Waals surface area contributed by atoms with Gasteiger partial charge < -0.3 is 15.2 Å². The molecule has 3 N–H and O–H groups in total. The highest BCUT2D eigenvalue weighted by molar-refractivity contribution is 9.11. The minimum atomic E-state index is -0.652. The van der Waals surface area contributed by atoms with Crippen molar-refractivity contribution in [2.45, 2.75) is 12.1 Å². The number of nitrogens with one attached hydrogen (secondary N) is 2. The number of benzene rings is 3. The van der Waals surface area contributed by atoms with Crippen LogP contribution in [0.3, 0.4) is 0 Å². The maximum absolute atomic E-state index is 12.5. The first-order chi connectivity index (χ1) is 17.7. The molecule has 12 heteroatoms. The summed E-state index contributed by atoms with van der Waals surface area (Å²) in [6, 6.07) is 17.2. The molecule has 0 unspecified atom stereocenters. The van der Waals surface area contributed by atoms with Gasteiger partial charge in [-0.15, -0.1) is 10.2 Å². The van der Waals surface area contributed by atoms with Crippen LogP contribution in [0.5, 0.6) is 11.5 Å². The molecule has 0 fully saturated rings. The summed E-state index contributed by atoms with van der Waals surface area (Å²) in [5, 5.41) is 24.6. The van der Waals surface area contributed by atoms with Crippen LogP contribution in [0.1, 0.15) is 5.56 Å². The summed E-state index contributed by atoms with van der Waals surface area (Å²) in [6.45, 7) is 1.98. The van der Waals surface area contributed by atoms with Gasteiger partial charge in [-0.3, -0.25) is 14.7 Å². The lowest BCUT2D eigenvalue weighted by Crippen LogP contribution is -2.35. The van der Waals surface area contributed by atoms with E-state index in [0.29, 0.717) is 32.5 Å². The molecule has 0 spiro atoms. The van der Waals surface area contributed by atoms with E-state index in [1.807, 2.05) is 31.2 Å². The molecule has 190 valence electrons. The second-order valence-electron chi connectivity index (χ2n) is 7.78. The summed E-state index contributed by atoms with van der Waals surface area (Å²) in [7, 11) is 1.55. The molecule has 37 heavy (non-hydrogen) atoms. The van der Waals surface area contributed by atoms with Gasteiger partial charge in [0.25, 0.3) is 0 Å². The van der Waals surface area contributed by atoms with Crippen molar-refractivity contribution in [1.29, 1.82) is 0 Å². The molecule has 0 saturated heterocycles. The van der Waals surface area contributed by atoms with E-state index in [-0.39, 0.29) is 11.5 Å². The molecule has 9 nitrogen and oxygen atoms in total. The Kier molecular flexibility index (Phi) is 8.52. The topological polar surface area (TPSA) is 118 Å². The number of anilines is 1. The normalized spacial score (nSPS) is 10.7. The Morgan fingerprint density at radius 2 is 1.76 bits per heavy atom. The number of aromatic nitrogens is 3. The van der Waals surface area contributed by atoms with Crippen LogP contribution in [0.2, 0.25) is 0 Å². The molecular weight excluding hydrogens is 626 g/mol. The number of thioether (sulfide) groups is 1. The smallest absolute Gasteiger partial charge is 0.325 e. The predicted molar refractivity (Wildman–Crippen MR) is 149 cm³/mol. The monoisotopic (exact) mass is 645 g/mol. The van der Waals surface area contributed by atoms with Crippen LogP contribution in [0.15, 0.2) is 74.8 Å². The summed E-state index contributed by atoms with van der Waals surface area (Å²) in [4.78, 5) is 24.8. The Morgan fingerprint density at radius 3 is 2.43 bits per heavy atom. The second kappa shape index (κ2) is 11.8.